The van der Waals surface area contributed by atoms with Gasteiger partial charge in [-0.25, -0.2) is 0 Å². The summed E-state index contributed by atoms with van der Waals surface area (Å²) in [6, 6.07) is 5.26. The molecule has 1 aliphatic carbocycles. The number of amides is 2. The number of hydrogen-bond acceptors (Lipinski definition) is 4. The number of fused-ring (bicyclic) bond motifs is 1. The maximum absolute atomic E-state index is 13.2. The van der Waals surface area contributed by atoms with E-state index in [9.17, 15) is 9.59 Å². The molecule has 1 atom stereocenters. The molecule has 0 fully saturated rings. The molecular formula is C21H24ClN3O3. The van der Waals surface area contributed by atoms with Crippen LogP contribution in [-0.4, -0.2) is 23.9 Å². The predicted molar refractivity (Wildman–Crippen MR) is 109 cm³/mol. The lowest BCUT2D eigenvalue weighted by atomic mass is 9.84. The smallest absolute Gasteiger partial charge is 0.267 e. The number of rotatable bonds is 4. The lowest BCUT2D eigenvalue weighted by Crippen LogP contribution is -2.27. The summed E-state index contributed by atoms with van der Waals surface area (Å²) in [5.74, 6) is -0.533. The maximum atomic E-state index is 13.2. The summed E-state index contributed by atoms with van der Waals surface area (Å²) in [5, 5.41) is 3.62. The van der Waals surface area contributed by atoms with Gasteiger partial charge in [-0.15, -0.1) is 0 Å². The zero-order chi connectivity index (χ0) is 20.6. The van der Waals surface area contributed by atoms with Crippen LogP contribution in [0.25, 0.3) is 0 Å². The van der Waals surface area contributed by atoms with Crippen LogP contribution in [0.1, 0.15) is 60.3 Å². The minimum absolute atomic E-state index is 0.165. The first-order valence-corrected chi connectivity index (χ1v) is 9.48. The van der Waals surface area contributed by atoms with Crippen molar-refractivity contribution in [2.24, 2.45) is 5.73 Å². The number of ether oxygens (including phenoxy) is 1. The molecule has 28 heavy (non-hydrogen) atoms. The molecule has 1 unspecified atom stereocenters. The largest absolute Gasteiger partial charge is 0.496 e. The Morgan fingerprint density at radius 1 is 1.29 bits per heavy atom. The number of halogens is 1. The van der Waals surface area contributed by atoms with Crippen LogP contribution in [0.15, 0.2) is 24.4 Å². The van der Waals surface area contributed by atoms with Crippen molar-refractivity contribution in [3.8, 4) is 5.75 Å². The number of nitrogens with zero attached hydrogens (tertiary/aromatic N) is 1. The van der Waals surface area contributed by atoms with Crippen LogP contribution >= 0.6 is 11.6 Å². The number of methoxy groups -OCH3 is 1. The third-order valence-corrected chi connectivity index (χ3v) is 5.37. The molecule has 0 bridgehead atoms. The van der Waals surface area contributed by atoms with Crippen molar-refractivity contribution >= 4 is 29.1 Å². The van der Waals surface area contributed by atoms with Gasteiger partial charge in [0.1, 0.15) is 11.4 Å². The van der Waals surface area contributed by atoms with Crippen LogP contribution in [-0.2, 0) is 16.6 Å². The number of benzene rings is 1. The van der Waals surface area contributed by atoms with E-state index >= 15 is 0 Å². The Bertz CT molecular complexity index is 951. The number of aromatic nitrogens is 1. The molecule has 0 saturated carbocycles. The van der Waals surface area contributed by atoms with Gasteiger partial charge in [0.25, 0.3) is 5.91 Å². The topological polar surface area (TPSA) is 94.3 Å². The number of pyridine rings is 1. The van der Waals surface area contributed by atoms with Gasteiger partial charge in [-0.1, -0.05) is 32.4 Å². The quantitative estimate of drug-likeness (QED) is 0.814. The van der Waals surface area contributed by atoms with Crippen molar-refractivity contribution in [1.82, 2.24) is 4.98 Å². The predicted octanol–water partition coefficient (Wildman–Crippen LogP) is 3.81. The fourth-order valence-corrected chi connectivity index (χ4v) is 4.12. The second kappa shape index (κ2) is 7.43. The highest BCUT2D eigenvalue weighted by Crippen LogP contribution is 2.43. The molecule has 1 heterocycles. The van der Waals surface area contributed by atoms with Gasteiger partial charge >= 0.3 is 0 Å². The lowest BCUT2D eigenvalue weighted by molar-refractivity contribution is -0.117. The third-order valence-electron chi connectivity index (χ3n) is 5.02. The van der Waals surface area contributed by atoms with E-state index in [-0.39, 0.29) is 17.5 Å². The Kier molecular flexibility index (Phi) is 5.35. The van der Waals surface area contributed by atoms with E-state index in [1.165, 1.54) is 6.20 Å². The average Bonchev–Trinajstić information content (AvgIpc) is 3.07. The molecular weight excluding hydrogens is 378 g/mol. The molecule has 148 valence electrons. The van der Waals surface area contributed by atoms with Gasteiger partial charge in [-0.05, 0) is 42.0 Å². The molecule has 3 rings (SSSR count). The third kappa shape index (κ3) is 3.56. The molecule has 1 aliphatic rings. The van der Waals surface area contributed by atoms with E-state index in [1.54, 1.807) is 25.3 Å². The second-order valence-electron chi connectivity index (χ2n) is 7.92. The SMILES string of the molecule is COc1ccc(Cl)c2c1C(C(=O)Nc1ccnc(C(N)=O)c1C(C)(C)C)CC2. The first-order valence-electron chi connectivity index (χ1n) is 9.10. The van der Waals surface area contributed by atoms with Crippen molar-refractivity contribution in [3.63, 3.8) is 0 Å². The Morgan fingerprint density at radius 2 is 2.00 bits per heavy atom. The van der Waals surface area contributed by atoms with E-state index in [1.807, 2.05) is 20.8 Å². The number of hydrogen-bond donors (Lipinski definition) is 2. The van der Waals surface area contributed by atoms with E-state index in [0.29, 0.717) is 34.9 Å². The molecule has 1 aromatic heterocycles. The fraction of sp³-hybridized carbons (Fsp3) is 0.381. The number of nitrogens with one attached hydrogen (secondary N) is 1. The summed E-state index contributed by atoms with van der Waals surface area (Å²) in [6.45, 7) is 5.83. The van der Waals surface area contributed by atoms with Gasteiger partial charge in [-0.3, -0.25) is 14.6 Å². The van der Waals surface area contributed by atoms with Crippen LogP contribution in [0, 0.1) is 0 Å². The summed E-state index contributed by atoms with van der Waals surface area (Å²) in [7, 11) is 1.58. The number of nitrogens with two attached hydrogens (primary N) is 1. The Labute approximate surface area is 169 Å². The minimum atomic E-state index is -0.624. The Balaban J connectivity index is 2.00. The summed E-state index contributed by atoms with van der Waals surface area (Å²) in [4.78, 5) is 29.2. The van der Waals surface area contributed by atoms with Gasteiger partial charge in [0.15, 0.2) is 0 Å². The summed E-state index contributed by atoms with van der Waals surface area (Å²) >= 11 is 6.32. The zero-order valence-electron chi connectivity index (χ0n) is 16.4. The molecule has 0 aliphatic heterocycles. The van der Waals surface area contributed by atoms with E-state index < -0.39 is 11.3 Å². The first-order chi connectivity index (χ1) is 13.1. The Morgan fingerprint density at radius 3 is 2.61 bits per heavy atom. The highest BCUT2D eigenvalue weighted by Gasteiger charge is 2.34. The molecule has 1 aromatic carbocycles. The normalized spacial score (nSPS) is 15.8. The van der Waals surface area contributed by atoms with Crippen LogP contribution in [0.2, 0.25) is 5.02 Å². The monoisotopic (exact) mass is 401 g/mol. The lowest BCUT2D eigenvalue weighted by Gasteiger charge is -2.25. The highest BCUT2D eigenvalue weighted by atomic mass is 35.5. The molecule has 6 nitrogen and oxygen atoms in total. The van der Waals surface area contributed by atoms with E-state index in [4.69, 9.17) is 22.1 Å². The van der Waals surface area contributed by atoms with Crippen LogP contribution < -0.4 is 15.8 Å². The number of anilines is 1. The van der Waals surface area contributed by atoms with E-state index in [2.05, 4.69) is 10.3 Å². The van der Waals surface area contributed by atoms with Gasteiger partial charge in [0, 0.05) is 28.0 Å². The molecule has 0 radical (unpaired) electrons. The van der Waals surface area contributed by atoms with Crippen molar-refractivity contribution in [3.05, 3.63) is 51.8 Å². The number of primary amides is 1. The van der Waals surface area contributed by atoms with Crippen molar-refractivity contribution in [2.75, 3.05) is 12.4 Å². The average molecular weight is 402 g/mol. The summed E-state index contributed by atoms with van der Waals surface area (Å²) in [5.41, 5.74) is 8.17. The molecule has 0 saturated heterocycles. The first kappa shape index (κ1) is 20.1. The van der Waals surface area contributed by atoms with Gasteiger partial charge in [0.05, 0.1) is 13.0 Å². The van der Waals surface area contributed by atoms with Crippen molar-refractivity contribution in [1.29, 1.82) is 0 Å². The highest BCUT2D eigenvalue weighted by molar-refractivity contribution is 6.31. The summed E-state index contributed by atoms with van der Waals surface area (Å²) in [6.07, 6.45) is 2.82. The number of carbonyl (C=O) groups excluding carboxylic acids is 2. The van der Waals surface area contributed by atoms with E-state index in [0.717, 1.165) is 11.1 Å². The van der Waals surface area contributed by atoms with Crippen molar-refractivity contribution < 1.29 is 14.3 Å². The van der Waals surface area contributed by atoms with Crippen LogP contribution in [0.3, 0.4) is 0 Å². The number of carbonyl (C=O) groups is 2. The molecule has 7 heteroatoms. The maximum Gasteiger partial charge on any atom is 0.267 e. The zero-order valence-corrected chi connectivity index (χ0v) is 17.2. The molecule has 2 aromatic rings. The molecule has 2 amide bonds. The van der Waals surface area contributed by atoms with Gasteiger partial charge in [0.2, 0.25) is 5.91 Å². The van der Waals surface area contributed by atoms with Crippen LogP contribution in [0.4, 0.5) is 5.69 Å². The van der Waals surface area contributed by atoms with Crippen LogP contribution in [0.5, 0.6) is 5.75 Å². The van der Waals surface area contributed by atoms with Gasteiger partial charge < -0.3 is 15.8 Å². The van der Waals surface area contributed by atoms with Crippen molar-refractivity contribution in [2.45, 2.75) is 44.9 Å². The second-order valence-corrected chi connectivity index (χ2v) is 8.33. The molecule has 3 N–H and O–H groups in total. The Hall–Kier alpha value is -2.60. The fourth-order valence-electron chi connectivity index (χ4n) is 3.86. The minimum Gasteiger partial charge on any atom is -0.496 e. The standard InChI is InChI=1S/C21H24ClN3O3/c1-21(2,3)17-14(9-10-24-18(17)19(23)26)25-20(27)12-6-5-11-13(22)7-8-15(28-4)16(11)12/h7-10,12H,5-6H2,1-4H3,(H2,23,26)(H,24,25,27). The molecule has 0 spiro atoms. The summed E-state index contributed by atoms with van der Waals surface area (Å²) < 4.78 is 5.46. The van der Waals surface area contributed by atoms with Gasteiger partial charge in [-0.2, -0.15) is 0 Å².